The van der Waals surface area contributed by atoms with Crippen molar-refractivity contribution >= 4 is 25.4 Å². The zero-order valence-electron chi connectivity index (χ0n) is 8.93. The summed E-state index contributed by atoms with van der Waals surface area (Å²) in [5.41, 5.74) is -1.84. The van der Waals surface area contributed by atoms with Gasteiger partial charge in [0.05, 0.1) is 16.8 Å². The van der Waals surface area contributed by atoms with Crippen molar-refractivity contribution in [3.8, 4) is 5.75 Å². The molecule has 1 heterocycles. The van der Waals surface area contributed by atoms with E-state index in [4.69, 9.17) is 10.7 Å². The van der Waals surface area contributed by atoms with Crippen LogP contribution in [0.25, 0.3) is 0 Å². The topological polar surface area (TPSA) is 99.4 Å². The fraction of sp³-hybridized carbons (Fsp3) is 0.286. The van der Waals surface area contributed by atoms with Gasteiger partial charge in [0.1, 0.15) is 0 Å². The van der Waals surface area contributed by atoms with Crippen LogP contribution < -0.4 is 4.74 Å². The van der Waals surface area contributed by atoms with Gasteiger partial charge in [-0.05, 0) is 6.92 Å². The van der Waals surface area contributed by atoms with Gasteiger partial charge in [-0.1, -0.05) is 0 Å². The number of pyridine rings is 1. The Morgan fingerprint density at radius 3 is 2.37 bits per heavy atom. The van der Waals surface area contributed by atoms with E-state index in [1.807, 2.05) is 0 Å². The molecule has 0 spiro atoms. The second-order valence-corrected chi connectivity index (χ2v) is 5.63. The van der Waals surface area contributed by atoms with Gasteiger partial charge < -0.3 is 4.74 Å². The Labute approximate surface area is 108 Å². The number of aromatic nitrogens is 1. The van der Waals surface area contributed by atoms with Crippen LogP contribution in [0.4, 0.5) is 18.9 Å². The summed E-state index contributed by atoms with van der Waals surface area (Å²) >= 11 is 0. The number of alkyl halides is 3. The SMILES string of the molecule is Cc1ncc(OC(F)(F)F)c([N+](=O)[O-])c1S(=O)(=O)Cl. The summed E-state index contributed by atoms with van der Waals surface area (Å²) in [5, 5.41) is 10.7. The minimum absolute atomic E-state index is 0.395. The van der Waals surface area contributed by atoms with E-state index in [-0.39, 0.29) is 0 Å². The molecule has 12 heteroatoms. The number of hydrogen-bond donors (Lipinski definition) is 0. The summed E-state index contributed by atoms with van der Waals surface area (Å²) in [6.45, 7) is 1.04. The van der Waals surface area contributed by atoms with Gasteiger partial charge in [-0.2, -0.15) is 0 Å². The van der Waals surface area contributed by atoms with E-state index in [2.05, 4.69) is 9.72 Å². The lowest BCUT2D eigenvalue weighted by Gasteiger charge is -2.11. The smallest absolute Gasteiger partial charge is 0.397 e. The van der Waals surface area contributed by atoms with Crippen molar-refractivity contribution in [1.82, 2.24) is 4.98 Å². The summed E-state index contributed by atoms with van der Waals surface area (Å²) < 4.78 is 61.9. The van der Waals surface area contributed by atoms with Crippen molar-refractivity contribution in [3.63, 3.8) is 0 Å². The van der Waals surface area contributed by atoms with Crippen LogP contribution in [0.1, 0.15) is 5.69 Å². The van der Waals surface area contributed by atoms with E-state index in [0.717, 1.165) is 6.92 Å². The lowest BCUT2D eigenvalue weighted by atomic mass is 10.3. The van der Waals surface area contributed by atoms with Crippen LogP contribution in [-0.4, -0.2) is 24.7 Å². The monoisotopic (exact) mass is 320 g/mol. The molecule has 0 amide bonds. The van der Waals surface area contributed by atoms with Gasteiger partial charge in [0.2, 0.25) is 5.75 Å². The predicted molar refractivity (Wildman–Crippen MR) is 55.4 cm³/mol. The maximum Gasteiger partial charge on any atom is 0.573 e. The standard InChI is InChI=1S/C7H4ClF3N2O5S/c1-3-6(19(8,16)17)5(13(14)15)4(2-12-3)18-7(9,10)11/h2H,1H3. The number of rotatable bonds is 3. The molecule has 0 aliphatic heterocycles. The zero-order chi connectivity index (χ0) is 15.0. The van der Waals surface area contributed by atoms with Gasteiger partial charge in [0, 0.05) is 10.7 Å². The molecule has 0 aromatic carbocycles. The van der Waals surface area contributed by atoms with Gasteiger partial charge in [-0.15, -0.1) is 13.2 Å². The molecule has 0 saturated heterocycles. The van der Waals surface area contributed by atoms with Crippen molar-refractivity contribution in [2.75, 3.05) is 0 Å². The van der Waals surface area contributed by atoms with Crippen molar-refractivity contribution < 1.29 is 31.2 Å². The summed E-state index contributed by atoms with van der Waals surface area (Å²) in [7, 11) is 0.281. The van der Waals surface area contributed by atoms with Crippen molar-refractivity contribution in [2.45, 2.75) is 18.2 Å². The van der Waals surface area contributed by atoms with Crippen LogP contribution in [0.2, 0.25) is 0 Å². The summed E-state index contributed by atoms with van der Waals surface area (Å²) in [4.78, 5) is 11.5. The maximum absolute atomic E-state index is 12.1. The number of hydrogen-bond acceptors (Lipinski definition) is 6. The van der Waals surface area contributed by atoms with Gasteiger partial charge in [0.15, 0.2) is 4.90 Å². The average Bonchev–Trinajstić information content (AvgIpc) is 2.15. The van der Waals surface area contributed by atoms with Crippen molar-refractivity contribution in [3.05, 3.63) is 22.0 Å². The first-order chi connectivity index (χ1) is 8.43. The van der Waals surface area contributed by atoms with E-state index in [9.17, 15) is 31.7 Å². The van der Waals surface area contributed by atoms with Crippen LogP contribution in [0, 0.1) is 17.0 Å². The zero-order valence-corrected chi connectivity index (χ0v) is 10.5. The third-order valence-electron chi connectivity index (χ3n) is 1.80. The molecule has 0 N–H and O–H groups in total. The van der Waals surface area contributed by atoms with E-state index >= 15 is 0 Å². The van der Waals surface area contributed by atoms with Crippen molar-refractivity contribution in [2.24, 2.45) is 0 Å². The highest BCUT2D eigenvalue weighted by molar-refractivity contribution is 8.13. The molecule has 1 rings (SSSR count). The first kappa shape index (κ1) is 15.4. The average molecular weight is 321 g/mol. The van der Waals surface area contributed by atoms with Gasteiger partial charge >= 0.3 is 12.0 Å². The molecule has 1 aromatic heterocycles. The van der Waals surface area contributed by atoms with Gasteiger partial charge in [-0.25, -0.2) is 8.42 Å². The highest BCUT2D eigenvalue weighted by Gasteiger charge is 2.39. The second kappa shape index (κ2) is 4.81. The molecular weight excluding hydrogens is 317 g/mol. The highest BCUT2D eigenvalue weighted by Crippen LogP contribution is 2.38. The molecule has 106 valence electrons. The predicted octanol–water partition coefficient (Wildman–Crippen LogP) is 2.12. The molecule has 19 heavy (non-hydrogen) atoms. The molecule has 1 aromatic rings. The Bertz CT molecular complexity index is 630. The molecule has 0 aliphatic carbocycles. The fourth-order valence-electron chi connectivity index (χ4n) is 1.22. The van der Waals surface area contributed by atoms with E-state index in [0.29, 0.717) is 6.20 Å². The number of aryl methyl sites for hydroxylation is 1. The molecule has 0 atom stereocenters. The molecule has 0 unspecified atom stereocenters. The normalized spacial score (nSPS) is 12.3. The first-order valence-electron chi connectivity index (χ1n) is 4.28. The number of halogens is 4. The van der Waals surface area contributed by atoms with Crippen molar-refractivity contribution in [1.29, 1.82) is 0 Å². The molecule has 0 aliphatic rings. The molecule has 0 bridgehead atoms. The first-order valence-corrected chi connectivity index (χ1v) is 6.59. The Morgan fingerprint density at radius 1 is 1.47 bits per heavy atom. The molecular formula is C7H4ClF3N2O5S. The molecule has 0 saturated carbocycles. The van der Waals surface area contributed by atoms with Gasteiger partial charge in [0.25, 0.3) is 9.05 Å². The quantitative estimate of drug-likeness (QED) is 0.480. The van der Waals surface area contributed by atoms with Crippen LogP contribution in [0.15, 0.2) is 11.1 Å². The summed E-state index contributed by atoms with van der Waals surface area (Å²) in [5.74, 6) is -1.36. The number of nitro groups is 1. The van der Waals surface area contributed by atoms with E-state index < -0.39 is 42.4 Å². The Balaban J connectivity index is 3.65. The summed E-state index contributed by atoms with van der Waals surface area (Å²) in [6, 6.07) is 0. The van der Waals surface area contributed by atoms with Gasteiger partial charge in [-0.3, -0.25) is 15.1 Å². The molecule has 0 radical (unpaired) electrons. The molecule has 7 nitrogen and oxygen atoms in total. The third-order valence-corrected chi connectivity index (χ3v) is 3.24. The molecule has 0 fully saturated rings. The Hall–Kier alpha value is -1.62. The lowest BCUT2D eigenvalue weighted by Crippen LogP contribution is -2.19. The Kier molecular flexibility index (Phi) is 3.91. The fourth-order valence-corrected chi connectivity index (χ4v) is 2.59. The number of ether oxygens (including phenoxy) is 1. The minimum atomic E-state index is -5.24. The van der Waals surface area contributed by atoms with Crippen LogP contribution >= 0.6 is 10.7 Å². The lowest BCUT2D eigenvalue weighted by molar-refractivity contribution is -0.391. The number of nitrogens with zero attached hydrogens (tertiary/aromatic N) is 2. The maximum atomic E-state index is 12.1. The minimum Gasteiger partial charge on any atom is -0.397 e. The highest BCUT2D eigenvalue weighted by atomic mass is 35.7. The van der Waals surface area contributed by atoms with Crippen LogP contribution in [0.5, 0.6) is 5.75 Å². The van der Waals surface area contributed by atoms with E-state index in [1.54, 1.807) is 0 Å². The van der Waals surface area contributed by atoms with Crippen LogP contribution in [0.3, 0.4) is 0 Å². The largest absolute Gasteiger partial charge is 0.573 e. The third kappa shape index (κ3) is 3.67. The summed E-state index contributed by atoms with van der Waals surface area (Å²) in [6.07, 6.45) is -4.85. The van der Waals surface area contributed by atoms with E-state index in [1.165, 1.54) is 0 Å². The van der Waals surface area contributed by atoms with Crippen LogP contribution in [-0.2, 0) is 9.05 Å². The second-order valence-electron chi connectivity index (χ2n) is 3.13. The Morgan fingerprint density at radius 2 is 2.00 bits per heavy atom.